The fourth-order valence-corrected chi connectivity index (χ4v) is 1.84. The summed E-state index contributed by atoms with van der Waals surface area (Å²) >= 11 is 0. The van der Waals surface area contributed by atoms with Crippen molar-refractivity contribution in [3.05, 3.63) is 35.5 Å². The molecule has 1 aromatic heterocycles. The van der Waals surface area contributed by atoms with E-state index >= 15 is 0 Å². The van der Waals surface area contributed by atoms with Crippen LogP contribution in [0.3, 0.4) is 0 Å². The van der Waals surface area contributed by atoms with Crippen molar-refractivity contribution in [3.63, 3.8) is 0 Å². The van der Waals surface area contributed by atoms with Gasteiger partial charge in [0.1, 0.15) is 5.75 Å². The number of amides is 3. The molecule has 7 nitrogen and oxygen atoms in total. The number of urea groups is 1. The van der Waals surface area contributed by atoms with Crippen LogP contribution in [0.5, 0.6) is 5.75 Å². The van der Waals surface area contributed by atoms with Gasteiger partial charge in [-0.25, -0.2) is 10.2 Å². The van der Waals surface area contributed by atoms with Gasteiger partial charge in [-0.05, 0) is 25.1 Å². The molecule has 0 spiro atoms. The molecule has 0 saturated heterocycles. The predicted octanol–water partition coefficient (Wildman–Crippen LogP) is 1.13. The molecule has 0 fully saturated rings. The van der Waals surface area contributed by atoms with Crippen LogP contribution in [0.2, 0.25) is 0 Å². The average molecular weight is 288 g/mol. The highest BCUT2D eigenvalue weighted by molar-refractivity contribution is 5.99. The molecule has 0 aliphatic carbocycles. The van der Waals surface area contributed by atoms with Gasteiger partial charge in [0, 0.05) is 18.5 Å². The van der Waals surface area contributed by atoms with Crippen molar-refractivity contribution in [1.29, 1.82) is 0 Å². The van der Waals surface area contributed by atoms with Gasteiger partial charge in [-0.15, -0.1) is 0 Å². The molecule has 0 aliphatic rings. The zero-order valence-electron chi connectivity index (χ0n) is 12.0. The summed E-state index contributed by atoms with van der Waals surface area (Å²) in [4.78, 5) is 27.5. The molecule has 0 radical (unpaired) electrons. The van der Waals surface area contributed by atoms with E-state index in [0.717, 1.165) is 10.9 Å². The molecule has 1 heterocycles. The number of benzene rings is 1. The second-order valence-electron chi connectivity index (χ2n) is 4.34. The lowest BCUT2D eigenvalue weighted by Gasteiger charge is -2.10. The lowest BCUT2D eigenvalue weighted by molar-refractivity contribution is 0.0935. The minimum Gasteiger partial charge on any atom is -0.497 e. The van der Waals surface area contributed by atoms with Crippen LogP contribution in [0, 0.1) is 6.92 Å². The van der Waals surface area contributed by atoms with Gasteiger partial charge in [-0.2, -0.15) is 0 Å². The van der Waals surface area contributed by atoms with Gasteiger partial charge in [0.25, 0.3) is 5.91 Å². The number of ether oxygens (including phenoxy) is 1. The first-order valence-electron chi connectivity index (χ1n) is 6.28. The Balaban J connectivity index is 2.30. The van der Waals surface area contributed by atoms with E-state index in [9.17, 15) is 9.59 Å². The number of aromatic nitrogens is 1. The first-order chi connectivity index (χ1) is 10.0. The molecule has 7 heteroatoms. The molecule has 21 heavy (non-hydrogen) atoms. The van der Waals surface area contributed by atoms with E-state index in [0.29, 0.717) is 17.0 Å². The average Bonchev–Trinajstić information content (AvgIpc) is 2.50. The third-order valence-corrected chi connectivity index (χ3v) is 2.98. The number of rotatable bonds is 2. The number of pyridine rings is 1. The summed E-state index contributed by atoms with van der Waals surface area (Å²) in [6.45, 7) is 1.73. The third kappa shape index (κ3) is 3.19. The van der Waals surface area contributed by atoms with E-state index in [4.69, 9.17) is 4.74 Å². The minimum absolute atomic E-state index is 0.393. The van der Waals surface area contributed by atoms with Gasteiger partial charge < -0.3 is 10.1 Å². The maximum Gasteiger partial charge on any atom is 0.333 e. The highest BCUT2D eigenvalue weighted by Crippen LogP contribution is 2.21. The van der Waals surface area contributed by atoms with Crippen LogP contribution < -0.4 is 20.9 Å². The van der Waals surface area contributed by atoms with E-state index in [2.05, 4.69) is 21.2 Å². The second-order valence-corrected chi connectivity index (χ2v) is 4.34. The molecule has 2 rings (SSSR count). The Morgan fingerprint density at radius 2 is 1.95 bits per heavy atom. The van der Waals surface area contributed by atoms with E-state index in [1.54, 1.807) is 32.2 Å². The normalized spacial score (nSPS) is 10.0. The Kier molecular flexibility index (Phi) is 4.22. The quantitative estimate of drug-likeness (QED) is 0.722. The Bertz CT molecular complexity index is 700. The number of methoxy groups -OCH3 is 1. The Labute approximate surface area is 121 Å². The molecule has 0 aliphatic heterocycles. The van der Waals surface area contributed by atoms with Gasteiger partial charge in [-0.3, -0.25) is 15.2 Å². The van der Waals surface area contributed by atoms with Crippen LogP contribution in [0.25, 0.3) is 10.9 Å². The van der Waals surface area contributed by atoms with Crippen molar-refractivity contribution in [1.82, 2.24) is 21.2 Å². The number of hydrogen-bond donors (Lipinski definition) is 3. The van der Waals surface area contributed by atoms with Crippen molar-refractivity contribution < 1.29 is 14.3 Å². The van der Waals surface area contributed by atoms with Crippen LogP contribution in [0.4, 0.5) is 4.79 Å². The molecule has 0 bridgehead atoms. The van der Waals surface area contributed by atoms with Gasteiger partial charge in [-0.1, -0.05) is 0 Å². The number of fused-ring (bicyclic) bond motifs is 1. The minimum atomic E-state index is -0.500. The Morgan fingerprint density at radius 3 is 2.62 bits per heavy atom. The van der Waals surface area contributed by atoms with E-state index in [1.165, 1.54) is 7.05 Å². The fraction of sp³-hybridized carbons (Fsp3) is 0.214. The smallest absolute Gasteiger partial charge is 0.333 e. The third-order valence-electron chi connectivity index (χ3n) is 2.98. The number of hydrogen-bond acceptors (Lipinski definition) is 4. The number of nitrogens with one attached hydrogen (secondary N) is 3. The number of nitrogens with zero attached hydrogens (tertiary/aromatic N) is 1. The molecule has 2 aromatic rings. The molecule has 3 amide bonds. The van der Waals surface area contributed by atoms with Crippen LogP contribution in [0.1, 0.15) is 16.1 Å². The number of aryl methyl sites for hydroxylation is 1. The van der Waals surface area contributed by atoms with Gasteiger partial charge in [0.05, 0.1) is 23.9 Å². The summed E-state index contributed by atoms with van der Waals surface area (Å²) in [6.07, 6.45) is 0. The molecule has 0 atom stereocenters. The maximum absolute atomic E-state index is 12.0. The van der Waals surface area contributed by atoms with Gasteiger partial charge >= 0.3 is 6.03 Å². The van der Waals surface area contributed by atoms with Crippen molar-refractivity contribution in [3.8, 4) is 5.75 Å². The van der Waals surface area contributed by atoms with Crippen molar-refractivity contribution >= 4 is 22.8 Å². The summed E-state index contributed by atoms with van der Waals surface area (Å²) in [6, 6.07) is 6.64. The Hall–Kier alpha value is -2.83. The van der Waals surface area contributed by atoms with Crippen LogP contribution in [-0.2, 0) is 0 Å². The number of carbonyl (C=O) groups excluding carboxylic acids is 2. The molecule has 0 unspecified atom stereocenters. The zero-order chi connectivity index (χ0) is 15.4. The van der Waals surface area contributed by atoms with Gasteiger partial charge in [0.15, 0.2) is 0 Å². The van der Waals surface area contributed by atoms with Crippen molar-refractivity contribution in [2.75, 3.05) is 14.2 Å². The molecular weight excluding hydrogens is 272 g/mol. The summed E-state index contributed by atoms with van der Waals surface area (Å²) in [5.41, 5.74) is 6.23. The van der Waals surface area contributed by atoms with E-state index < -0.39 is 11.9 Å². The van der Waals surface area contributed by atoms with Crippen LogP contribution >= 0.6 is 0 Å². The molecular formula is C14H16N4O3. The standard InChI is InChI=1S/C14H16N4O3/c1-8-11(13(19)17-18-14(20)15-2)6-9-4-5-10(21-3)7-12(9)16-8/h4-7H,1-3H3,(H,17,19)(H2,15,18,20). The van der Waals surface area contributed by atoms with Crippen molar-refractivity contribution in [2.45, 2.75) is 6.92 Å². The fourth-order valence-electron chi connectivity index (χ4n) is 1.84. The van der Waals surface area contributed by atoms with Crippen molar-refractivity contribution in [2.24, 2.45) is 0 Å². The topological polar surface area (TPSA) is 92.4 Å². The SMILES string of the molecule is CNC(=O)NNC(=O)c1cc2ccc(OC)cc2nc1C. The second kappa shape index (κ2) is 6.08. The lowest BCUT2D eigenvalue weighted by atomic mass is 10.1. The first-order valence-corrected chi connectivity index (χ1v) is 6.28. The van der Waals surface area contributed by atoms with Crippen LogP contribution in [-0.4, -0.2) is 31.1 Å². The highest BCUT2D eigenvalue weighted by atomic mass is 16.5. The summed E-state index contributed by atoms with van der Waals surface area (Å²) in [5, 5.41) is 3.15. The first kappa shape index (κ1) is 14.6. The lowest BCUT2D eigenvalue weighted by Crippen LogP contribution is -2.46. The van der Waals surface area contributed by atoms with Gasteiger partial charge in [0.2, 0.25) is 0 Å². The summed E-state index contributed by atoms with van der Waals surface area (Å²) in [7, 11) is 3.04. The summed E-state index contributed by atoms with van der Waals surface area (Å²) in [5.74, 6) is 0.272. The number of carbonyl (C=O) groups is 2. The highest BCUT2D eigenvalue weighted by Gasteiger charge is 2.12. The monoisotopic (exact) mass is 288 g/mol. The Morgan fingerprint density at radius 1 is 1.19 bits per heavy atom. The molecule has 0 saturated carbocycles. The zero-order valence-corrected chi connectivity index (χ0v) is 12.0. The van der Waals surface area contributed by atoms with E-state index in [1.807, 2.05) is 6.07 Å². The maximum atomic E-state index is 12.0. The molecule has 3 N–H and O–H groups in total. The summed E-state index contributed by atoms with van der Waals surface area (Å²) < 4.78 is 5.14. The molecule has 1 aromatic carbocycles. The predicted molar refractivity (Wildman–Crippen MR) is 78.1 cm³/mol. The molecule has 110 valence electrons. The largest absolute Gasteiger partial charge is 0.497 e. The van der Waals surface area contributed by atoms with Crippen LogP contribution in [0.15, 0.2) is 24.3 Å². The van der Waals surface area contributed by atoms with E-state index in [-0.39, 0.29) is 0 Å². The number of hydrazine groups is 1.